The average molecular weight is 754 g/mol. The van der Waals surface area contributed by atoms with Crippen molar-refractivity contribution in [2.75, 3.05) is 52.4 Å². The van der Waals surface area contributed by atoms with Crippen LogP contribution in [0.3, 0.4) is 0 Å². The van der Waals surface area contributed by atoms with Gasteiger partial charge in [-0.15, -0.1) is 0 Å². The number of morpholine rings is 1. The zero-order chi connectivity index (χ0) is 38.2. The molecule has 2 spiro atoms. The van der Waals surface area contributed by atoms with Gasteiger partial charge in [0.15, 0.2) is 6.29 Å². The van der Waals surface area contributed by atoms with Crippen molar-refractivity contribution in [3.63, 3.8) is 0 Å². The molecule has 9 fully saturated rings. The third-order valence-electron chi connectivity index (χ3n) is 18.8. The lowest BCUT2D eigenvalue weighted by Gasteiger charge is -2.64. The summed E-state index contributed by atoms with van der Waals surface area (Å²) >= 11 is 0. The second-order valence-electron chi connectivity index (χ2n) is 22.1. The molecule has 0 aromatic rings. The summed E-state index contributed by atoms with van der Waals surface area (Å²) < 4.78 is 26.7. The number of hydrogen-bond donors (Lipinski definition) is 1. The van der Waals surface area contributed by atoms with E-state index in [9.17, 15) is 9.90 Å². The summed E-state index contributed by atoms with van der Waals surface area (Å²) in [5.74, 6) is 2.76. The van der Waals surface area contributed by atoms with Crippen LogP contribution in [0.5, 0.6) is 0 Å². The number of aliphatic hydroxyl groups excluding tert-OH is 1. The molecule has 1 N–H and O–H groups in total. The predicted molar refractivity (Wildman–Crippen MR) is 209 cm³/mol. The number of amides is 1. The standard InChI is InChI=1S/C45H75N3O6/c1-27(2)37(54-40(50)47-17-10-18-47)31-21-29(5)36-38(52-31)39(49)43(9)33-12-11-32-41(6,7)34(13-14-44(32)26-45(33,44)16-15-42(36,43)8)53-35-25-46(19-20-51-35)22-30-23-48(24-30)28(3)4/h27-39,49H,10-26H2,1-9H3/t29-,31?,32+,33?,34+,35?,36+,37-,38?,39+,42-,43?,44-,45?/m1/s1. The molecule has 9 aliphatic rings. The maximum Gasteiger partial charge on any atom is 0.410 e. The first-order valence-electron chi connectivity index (χ1n) is 22.6. The monoisotopic (exact) mass is 754 g/mol. The molecule has 4 aliphatic heterocycles. The van der Waals surface area contributed by atoms with Gasteiger partial charge in [-0.1, -0.05) is 48.5 Å². The van der Waals surface area contributed by atoms with Gasteiger partial charge in [0.1, 0.15) is 6.10 Å². The molecule has 5 saturated carbocycles. The van der Waals surface area contributed by atoms with Crippen molar-refractivity contribution in [3.05, 3.63) is 0 Å². The van der Waals surface area contributed by atoms with Crippen molar-refractivity contribution in [3.8, 4) is 0 Å². The molecule has 5 aliphatic carbocycles. The van der Waals surface area contributed by atoms with E-state index in [1.54, 1.807) is 0 Å². The van der Waals surface area contributed by atoms with E-state index >= 15 is 0 Å². The summed E-state index contributed by atoms with van der Waals surface area (Å²) in [7, 11) is 0. The van der Waals surface area contributed by atoms with E-state index in [1.807, 2.05) is 4.90 Å². The fourth-order valence-corrected chi connectivity index (χ4v) is 15.7. The summed E-state index contributed by atoms with van der Waals surface area (Å²) in [5.41, 5.74) is 0.553. The van der Waals surface area contributed by atoms with Crippen molar-refractivity contribution >= 4 is 6.09 Å². The van der Waals surface area contributed by atoms with Crippen LogP contribution in [0.4, 0.5) is 4.79 Å². The molecule has 4 heterocycles. The third-order valence-corrected chi connectivity index (χ3v) is 18.8. The van der Waals surface area contributed by atoms with Gasteiger partial charge in [0.25, 0.3) is 0 Å². The maximum absolute atomic E-state index is 13.0. The number of likely N-dealkylation sites (tertiary alicyclic amines) is 2. The van der Waals surface area contributed by atoms with E-state index in [-0.39, 0.29) is 59.0 Å². The van der Waals surface area contributed by atoms with E-state index in [0.29, 0.717) is 40.5 Å². The third kappa shape index (κ3) is 5.45. The fourth-order valence-electron chi connectivity index (χ4n) is 15.7. The summed E-state index contributed by atoms with van der Waals surface area (Å²) in [6.45, 7) is 29.2. The minimum Gasteiger partial charge on any atom is -0.443 e. The number of ether oxygens (including phenoxy) is 4. The second-order valence-corrected chi connectivity index (χ2v) is 22.1. The lowest BCUT2D eigenvalue weighted by molar-refractivity contribution is -0.249. The van der Waals surface area contributed by atoms with Gasteiger partial charge in [0.05, 0.1) is 31.0 Å². The molecule has 4 saturated heterocycles. The Morgan fingerprint density at radius 2 is 1.65 bits per heavy atom. The molecule has 14 atom stereocenters. The van der Waals surface area contributed by atoms with Crippen LogP contribution in [0.1, 0.15) is 120 Å². The normalized spacial score (nSPS) is 49.2. The molecular weight excluding hydrogens is 679 g/mol. The Bertz CT molecular complexity index is 1430. The molecule has 9 rings (SSSR count). The van der Waals surface area contributed by atoms with Gasteiger partial charge >= 0.3 is 6.09 Å². The lowest BCUT2D eigenvalue weighted by atomic mass is 9.41. The number of carbonyl (C=O) groups is 1. The smallest absolute Gasteiger partial charge is 0.410 e. The zero-order valence-electron chi connectivity index (χ0n) is 35.4. The molecule has 1 amide bonds. The largest absolute Gasteiger partial charge is 0.443 e. The van der Waals surface area contributed by atoms with Gasteiger partial charge in [-0.3, -0.25) is 4.90 Å². The molecule has 0 bridgehead atoms. The van der Waals surface area contributed by atoms with Crippen LogP contribution in [0.15, 0.2) is 0 Å². The lowest BCUT2D eigenvalue weighted by Crippen LogP contribution is -2.60. The van der Waals surface area contributed by atoms with Gasteiger partial charge in [-0.25, -0.2) is 4.79 Å². The van der Waals surface area contributed by atoms with Gasteiger partial charge < -0.3 is 33.9 Å². The minimum atomic E-state index is -0.513. The van der Waals surface area contributed by atoms with E-state index in [1.165, 1.54) is 51.6 Å². The number of nitrogens with zero attached hydrogens (tertiary/aromatic N) is 3. The Kier molecular flexibility index (Phi) is 9.47. The first-order chi connectivity index (χ1) is 25.6. The Morgan fingerprint density at radius 1 is 0.926 bits per heavy atom. The van der Waals surface area contributed by atoms with Crippen LogP contribution >= 0.6 is 0 Å². The molecule has 0 radical (unpaired) electrons. The van der Waals surface area contributed by atoms with E-state index in [2.05, 4.69) is 72.1 Å². The summed E-state index contributed by atoms with van der Waals surface area (Å²) in [6.07, 6.45) is 9.15. The van der Waals surface area contributed by atoms with Crippen LogP contribution in [-0.4, -0.2) is 121 Å². The van der Waals surface area contributed by atoms with Crippen molar-refractivity contribution in [1.82, 2.24) is 14.7 Å². The Hall–Kier alpha value is -0.970. The van der Waals surface area contributed by atoms with E-state index in [0.717, 1.165) is 64.5 Å². The average Bonchev–Trinajstić information content (AvgIpc) is 3.70. The SMILES string of the molecule is CC(C)[C@@H](OC(=O)N1CCC1)C1C[C@@H](C)[C@H]2C(O1)[C@H](O)C1(C)C3CC[C@H]4C(C)(C)[C@@H](OC5CN(CC6CN(C(C)C)C6)CCO5)CC[C@@]45CC35CC[C@]21C. The van der Waals surface area contributed by atoms with Crippen molar-refractivity contribution in [2.24, 2.45) is 62.6 Å². The molecular formula is C45H75N3O6. The van der Waals surface area contributed by atoms with E-state index < -0.39 is 6.10 Å². The number of hydrogen-bond acceptors (Lipinski definition) is 8. The molecule has 9 heteroatoms. The van der Waals surface area contributed by atoms with Gasteiger partial charge in [0, 0.05) is 57.3 Å². The highest BCUT2D eigenvalue weighted by Crippen LogP contribution is 2.89. The minimum absolute atomic E-state index is 0.0161. The number of aliphatic hydroxyl groups is 1. The number of carbonyl (C=O) groups excluding carboxylic acids is 1. The zero-order valence-corrected chi connectivity index (χ0v) is 35.4. The molecule has 0 aromatic heterocycles. The maximum atomic E-state index is 13.0. The van der Waals surface area contributed by atoms with E-state index in [4.69, 9.17) is 18.9 Å². The summed E-state index contributed by atoms with van der Waals surface area (Å²) in [6, 6.07) is 0.648. The predicted octanol–water partition coefficient (Wildman–Crippen LogP) is 7.05. The number of rotatable bonds is 8. The second kappa shape index (κ2) is 13.3. The Labute approximate surface area is 326 Å². The van der Waals surface area contributed by atoms with Crippen molar-refractivity contribution in [2.45, 2.75) is 163 Å². The molecule has 54 heavy (non-hydrogen) atoms. The number of fused-ring (bicyclic) bond motifs is 4. The van der Waals surface area contributed by atoms with Crippen LogP contribution in [0.2, 0.25) is 0 Å². The van der Waals surface area contributed by atoms with Crippen molar-refractivity contribution in [1.29, 1.82) is 0 Å². The van der Waals surface area contributed by atoms with Gasteiger partial charge in [0.2, 0.25) is 0 Å². The topological polar surface area (TPSA) is 83.9 Å². The summed E-state index contributed by atoms with van der Waals surface area (Å²) in [5, 5.41) is 12.8. The molecule has 6 unspecified atom stereocenters. The quantitative estimate of drug-likeness (QED) is 0.283. The van der Waals surface area contributed by atoms with Crippen LogP contribution in [0.25, 0.3) is 0 Å². The first kappa shape index (κ1) is 38.5. The molecule has 306 valence electrons. The highest BCUT2D eigenvalue weighted by molar-refractivity contribution is 5.68. The summed E-state index contributed by atoms with van der Waals surface area (Å²) in [4.78, 5) is 20.0. The fraction of sp³-hybridized carbons (Fsp3) is 0.978. The Morgan fingerprint density at radius 3 is 2.33 bits per heavy atom. The highest BCUT2D eigenvalue weighted by Gasteiger charge is 2.84. The van der Waals surface area contributed by atoms with Crippen LogP contribution < -0.4 is 0 Å². The Balaban J connectivity index is 0.891. The van der Waals surface area contributed by atoms with Crippen molar-refractivity contribution < 1.29 is 28.8 Å². The first-order valence-corrected chi connectivity index (χ1v) is 22.6. The van der Waals surface area contributed by atoms with Gasteiger partial charge in [-0.2, -0.15) is 0 Å². The van der Waals surface area contributed by atoms with Crippen LogP contribution in [-0.2, 0) is 18.9 Å². The van der Waals surface area contributed by atoms with Crippen LogP contribution in [0, 0.1) is 62.6 Å². The molecule has 9 nitrogen and oxygen atoms in total. The molecule has 0 aromatic carbocycles. The highest BCUT2D eigenvalue weighted by atomic mass is 16.7. The van der Waals surface area contributed by atoms with Gasteiger partial charge in [-0.05, 0) is 129 Å².